The Balaban J connectivity index is 3.32. The molecule has 0 heterocycles. The van der Waals surface area contributed by atoms with Crippen molar-refractivity contribution in [2.75, 3.05) is 13.2 Å². The summed E-state index contributed by atoms with van der Waals surface area (Å²) in [6.45, 7) is 5.03. The third-order valence-electron chi connectivity index (χ3n) is 20.4. The fourth-order valence-electron chi connectivity index (χ4n) is 14.0. The molecule has 0 fully saturated rings. The average Bonchev–Trinajstić information content (AvgIpc) is 3.72. The molecule has 538 valence electrons. The molecule has 6 heteroatoms. The van der Waals surface area contributed by atoms with Crippen LogP contribution in [0.4, 0.5) is 0 Å². The number of hydrogen-bond acceptors (Lipinski definition) is 5. The highest BCUT2D eigenvalue weighted by Gasteiger charge is 2.20. The molecule has 2 atom stereocenters. The highest BCUT2D eigenvalue weighted by Crippen LogP contribution is 2.21. The standard InChI is InChI=1S/C84H167NO5/c1-3-5-7-9-11-13-15-17-19-21-22-23-24-32-35-38-41-45-48-52-56-60-64-68-72-76-82(87)81(80-86)85-83(88)77-73-69-65-61-57-53-49-46-42-39-36-33-30-28-26-25-27-29-31-34-37-40-43-47-51-55-59-63-67-71-75-79-90-84(89)78-74-70-66-62-58-54-50-44-20-18-16-14-12-10-8-6-4-2/h81-82,86-87H,3-80H2,1-2H3,(H,85,88). The van der Waals surface area contributed by atoms with Crippen molar-refractivity contribution in [3.8, 4) is 0 Å². The van der Waals surface area contributed by atoms with E-state index in [4.69, 9.17) is 4.74 Å². The summed E-state index contributed by atoms with van der Waals surface area (Å²) in [5.41, 5.74) is 0. The van der Waals surface area contributed by atoms with E-state index in [1.54, 1.807) is 0 Å². The number of nitrogens with one attached hydrogen (secondary N) is 1. The number of esters is 1. The van der Waals surface area contributed by atoms with Gasteiger partial charge in [0.25, 0.3) is 0 Å². The topological polar surface area (TPSA) is 95.9 Å². The molecule has 3 N–H and O–H groups in total. The Morgan fingerprint density at radius 1 is 0.267 bits per heavy atom. The second-order valence-corrected chi connectivity index (χ2v) is 29.5. The Morgan fingerprint density at radius 3 is 0.678 bits per heavy atom. The molecule has 2 unspecified atom stereocenters. The molecule has 6 nitrogen and oxygen atoms in total. The van der Waals surface area contributed by atoms with E-state index >= 15 is 0 Å². The first-order valence-electron chi connectivity index (χ1n) is 42.3. The van der Waals surface area contributed by atoms with E-state index < -0.39 is 12.1 Å². The Labute approximate surface area is 566 Å². The van der Waals surface area contributed by atoms with Crippen LogP contribution in [0, 0.1) is 0 Å². The zero-order chi connectivity index (χ0) is 64.9. The van der Waals surface area contributed by atoms with Gasteiger partial charge in [-0.25, -0.2) is 0 Å². The minimum Gasteiger partial charge on any atom is -0.466 e. The van der Waals surface area contributed by atoms with Crippen LogP contribution in [0.1, 0.15) is 502 Å². The molecule has 0 rings (SSSR count). The zero-order valence-electron chi connectivity index (χ0n) is 61.9. The number of ether oxygens (including phenoxy) is 1. The van der Waals surface area contributed by atoms with Crippen molar-refractivity contribution in [2.45, 2.75) is 514 Å². The maximum Gasteiger partial charge on any atom is 0.305 e. The van der Waals surface area contributed by atoms with Gasteiger partial charge in [0.15, 0.2) is 0 Å². The van der Waals surface area contributed by atoms with E-state index in [9.17, 15) is 19.8 Å². The fraction of sp³-hybridized carbons (Fsp3) is 0.976. The Hall–Kier alpha value is -1.14. The van der Waals surface area contributed by atoms with E-state index in [2.05, 4.69) is 19.2 Å². The molecule has 0 aromatic rings. The van der Waals surface area contributed by atoms with Gasteiger partial charge in [0, 0.05) is 12.8 Å². The summed E-state index contributed by atoms with van der Waals surface area (Å²) >= 11 is 0. The summed E-state index contributed by atoms with van der Waals surface area (Å²) < 4.78 is 5.52. The Morgan fingerprint density at radius 2 is 0.456 bits per heavy atom. The van der Waals surface area contributed by atoms with Crippen molar-refractivity contribution >= 4 is 11.9 Å². The van der Waals surface area contributed by atoms with Gasteiger partial charge in [0.1, 0.15) is 0 Å². The first-order valence-corrected chi connectivity index (χ1v) is 42.3. The van der Waals surface area contributed by atoms with Crippen molar-refractivity contribution in [2.24, 2.45) is 0 Å². The van der Waals surface area contributed by atoms with Crippen LogP contribution in [0.15, 0.2) is 0 Å². The predicted molar refractivity (Wildman–Crippen MR) is 398 cm³/mol. The van der Waals surface area contributed by atoms with Crippen LogP contribution in [0.3, 0.4) is 0 Å². The molecule has 90 heavy (non-hydrogen) atoms. The normalized spacial score (nSPS) is 12.4. The Bertz CT molecular complexity index is 1320. The van der Waals surface area contributed by atoms with Gasteiger partial charge in [-0.15, -0.1) is 0 Å². The number of unbranched alkanes of at least 4 members (excludes halogenated alkanes) is 70. The van der Waals surface area contributed by atoms with Gasteiger partial charge in [-0.1, -0.05) is 463 Å². The zero-order valence-corrected chi connectivity index (χ0v) is 61.9. The lowest BCUT2D eigenvalue weighted by atomic mass is 10.0. The highest BCUT2D eigenvalue weighted by molar-refractivity contribution is 5.76. The van der Waals surface area contributed by atoms with Gasteiger partial charge in [-0.2, -0.15) is 0 Å². The molecular weight excluding hydrogens is 1100 g/mol. The maximum absolute atomic E-state index is 12.6. The first-order chi connectivity index (χ1) is 44.5. The first kappa shape index (κ1) is 88.9. The van der Waals surface area contributed by atoms with E-state index in [0.29, 0.717) is 25.9 Å². The lowest BCUT2D eigenvalue weighted by Gasteiger charge is -2.22. The third-order valence-corrected chi connectivity index (χ3v) is 20.4. The van der Waals surface area contributed by atoms with E-state index in [0.717, 1.165) is 38.5 Å². The minimum atomic E-state index is -0.662. The molecule has 0 aromatic carbocycles. The summed E-state index contributed by atoms with van der Waals surface area (Å²) in [6, 6.07) is -0.539. The lowest BCUT2D eigenvalue weighted by Crippen LogP contribution is -2.45. The number of rotatable bonds is 81. The number of aliphatic hydroxyl groups is 2. The van der Waals surface area contributed by atoms with E-state index in [1.165, 1.54) is 430 Å². The van der Waals surface area contributed by atoms with Gasteiger partial charge in [-0.05, 0) is 25.7 Å². The van der Waals surface area contributed by atoms with E-state index in [1.807, 2.05) is 0 Å². The minimum absolute atomic E-state index is 0.0236. The molecule has 0 radical (unpaired) electrons. The molecule has 0 saturated carbocycles. The largest absolute Gasteiger partial charge is 0.466 e. The summed E-state index contributed by atoms with van der Waals surface area (Å²) in [5.74, 6) is 0.00284. The fourth-order valence-corrected chi connectivity index (χ4v) is 14.0. The predicted octanol–water partition coefficient (Wildman–Crippen LogP) is 28.1. The van der Waals surface area contributed by atoms with Gasteiger partial charge in [-0.3, -0.25) is 9.59 Å². The number of hydrogen-bond donors (Lipinski definition) is 3. The van der Waals surface area contributed by atoms with E-state index in [-0.39, 0.29) is 18.5 Å². The van der Waals surface area contributed by atoms with Crippen molar-refractivity contribution in [3.63, 3.8) is 0 Å². The van der Waals surface area contributed by atoms with Crippen LogP contribution in [0.2, 0.25) is 0 Å². The summed E-state index contributed by atoms with van der Waals surface area (Å²) in [7, 11) is 0. The summed E-state index contributed by atoms with van der Waals surface area (Å²) in [4.78, 5) is 24.7. The second kappa shape index (κ2) is 80.3. The van der Waals surface area contributed by atoms with Crippen molar-refractivity contribution in [1.82, 2.24) is 5.32 Å². The molecule has 0 spiro atoms. The van der Waals surface area contributed by atoms with Gasteiger partial charge < -0.3 is 20.3 Å². The van der Waals surface area contributed by atoms with Crippen molar-refractivity contribution < 1.29 is 24.5 Å². The maximum atomic E-state index is 12.6. The Kier molecular flexibility index (Phi) is 79.3. The molecular formula is C84H167NO5. The third kappa shape index (κ3) is 75.9. The number of aliphatic hydroxyl groups excluding tert-OH is 2. The quantitative estimate of drug-likeness (QED) is 0.0417. The van der Waals surface area contributed by atoms with Crippen LogP contribution in [0.25, 0.3) is 0 Å². The lowest BCUT2D eigenvalue weighted by molar-refractivity contribution is -0.143. The van der Waals surface area contributed by atoms with Crippen LogP contribution in [-0.4, -0.2) is 47.4 Å². The van der Waals surface area contributed by atoms with Crippen LogP contribution in [0.5, 0.6) is 0 Å². The molecule has 0 aliphatic rings. The summed E-state index contributed by atoms with van der Waals surface area (Å²) in [5, 5.41) is 23.5. The smallest absolute Gasteiger partial charge is 0.305 e. The highest BCUT2D eigenvalue weighted by atomic mass is 16.5. The van der Waals surface area contributed by atoms with Gasteiger partial charge >= 0.3 is 5.97 Å². The second-order valence-electron chi connectivity index (χ2n) is 29.5. The number of carbonyl (C=O) groups excluding carboxylic acids is 2. The van der Waals surface area contributed by atoms with Crippen LogP contribution < -0.4 is 5.32 Å². The average molecular weight is 1270 g/mol. The van der Waals surface area contributed by atoms with Crippen LogP contribution in [-0.2, 0) is 14.3 Å². The molecule has 0 saturated heterocycles. The monoisotopic (exact) mass is 1270 g/mol. The molecule has 0 aliphatic carbocycles. The van der Waals surface area contributed by atoms with Gasteiger partial charge in [0.2, 0.25) is 5.91 Å². The molecule has 0 bridgehead atoms. The molecule has 0 aromatic heterocycles. The van der Waals surface area contributed by atoms with Gasteiger partial charge in [0.05, 0.1) is 25.4 Å². The summed E-state index contributed by atoms with van der Waals surface area (Å²) in [6.07, 6.45) is 101. The molecule has 1 amide bonds. The number of amides is 1. The van der Waals surface area contributed by atoms with Crippen molar-refractivity contribution in [3.05, 3.63) is 0 Å². The molecule has 0 aliphatic heterocycles. The van der Waals surface area contributed by atoms with Crippen LogP contribution >= 0.6 is 0 Å². The SMILES string of the molecule is CCCCCCCCCCCCCCCCCCCCCCCCCCCC(O)C(CO)NC(=O)CCCCCCCCCCCCCCCCCCCCCCCCCCCCCCCCCOC(=O)CCCCCCCCCCCCCCCCCCC. The van der Waals surface area contributed by atoms with Crippen molar-refractivity contribution in [1.29, 1.82) is 0 Å². The number of carbonyl (C=O) groups is 2.